The van der Waals surface area contributed by atoms with E-state index in [0.29, 0.717) is 23.1 Å². The molecule has 0 spiro atoms. The summed E-state index contributed by atoms with van der Waals surface area (Å²) in [5, 5.41) is 12.4. The predicted octanol–water partition coefficient (Wildman–Crippen LogP) is 5.60. The van der Waals surface area contributed by atoms with Gasteiger partial charge in [0.25, 0.3) is 0 Å². The van der Waals surface area contributed by atoms with Crippen molar-refractivity contribution in [3.8, 4) is 11.4 Å². The Hall–Kier alpha value is -3.49. The molecule has 1 saturated carbocycles. The molecule has 1 atom stereocenters. The van der Waals surface area contributed by atoms with E-state index in [2.05, 4.69) is 20.3 Å². The van der Waals surface area contributed by atoms with Crippen LogP contribution in [0.4, 0.5) is 19.0 Å². The maximum Gasteiger partial charge on any atom is 0.416 e. The zero-order valence-electron chi connectivity index (χ0n) is 17.0. The number of pyridine rings is 1. The zero-order valence-corrected chi connectivity index (χ0v) is 17.0. The van der Waals surface area contributed by atoms with Crippen LogP contribution in [-0.2, 0) is 6.18 Å². The van der Waals surface area contributed by atoms with Crippen molar-refractivity contribution in [2.45, 2.75) is 37.9 Å². The molecule has 4 rings (SSSR count). The molecular formula is C23H21F3N4O2. The van der Waals surface area contributed by atoms with Crippen molar-refractivity contribution in [2.24, 2.45) is 5.92 Å². The van der Waals surface area contributed by atoms with E-state index in [1.54, 1.807) is 18.5 Å². The Labute approximate surface area is 182 Å². The third kappa shape index (κ3) is 4.87. The summed E-state index contributed by atoms with van der Waals surface area (Å²) in [5.74, 6) is 0.204. The fourth-order valence-electron chi connectivity index (χ4n) is 3.99. The number of halogens is 3. The summed E-state index contributed by atoms with van der Waals surface area (Å²) in [5.41, 5.74) is 0.736. The molecular weight excluding hydrogens is 421 g/mol. The molecule has 32 heavy (non-hydrogen) atoms. The first kappa shape index (κ1) is 21.7. The molecule has 0 bridgehead atoms. The lowest BCUT2D eigenvalue weighted by Gasteiger charge is -2.25. The topological polar surface area (TPSA) is 88.0 Å². The second-order valence-corrected chi connectivity index (χ2v) is 7.82. The second-order valence-electron chi connectivity index (χ2n) is 7.82. The molecule has 6 nitrogen and oxygen atoms in total. The number of benzene rings is 1. The number of nitrogens with one attached hydrogen (secondary N) is 1. The molecule has 1 aromatic carbocycles. The molecule has 0 radical (unpaired) electrons. The molecule has 0 saturated heterocycles. The van der Waals surface area contributed by atoms with Crippen LogP contribution < -0.4 is 5.32 Å². The van der Waals surface area contributed by atoms with Crippen molar-refractivity contribution in [2.75, 3.05) is 5.32 Å². The Morgan fingerprint density at radius 3 is 2.16 bits per heavy atom. The maximum atomic E-state index is 12.8. The largest absolute Gasteiger partial charge is 0.478 e. The van der Waals surface area contributed by atoms with Gasteiger partial charge in [-0.25, -0.2) is 19.7 Å². The highest BCUT2D eigenvalue weighted by molar-refractivity contribution is 5.87. The van der Waals surface area contributed by atoms with Gasteiger partial charge >= 0.3 is 12.1 Å². The fraction of sp³-hybridized carbons (Fsp3) is 0.304. The molecule has 1 aliphatic carbocycles. The number of carboxylic acid groups (broad SMARTS) is 1. The number of rotatable bonds is 6. The van der Waals surface area contributed by atoms with Crippen LogP contribution in [0.3, 0.4) is 0 Å². The monoisotopic (exact) mass is 442 g/mol. The predicted molar refractivity (Wildman–Crippen MR) is 112 cm³/mol. The quantitative estimate of drug-likeness (QED) is 0.517. The van der Waals surface area contributed by atoms with Crippen molar-refractivity contribution >= 4 is 11.8 Å². The molecule has 3 aromatic rings. The summed E-state index contributed by atoms with van der Waals surface area (Å²) in [4.78, 5) is 24.0. The smallest absolute Gasteiger partial charge is 0.416 e. The van der Waals surface area contributed by atoms with Crippen LogP contribution in [0.25, 0.3) is 11.4 Å². The van der Waals surface area contributed by atoms with E-state index in [4.69, 9.17) is 5.11 Å². The van der Waals surface area contributed by atoms with Gasteiger partial charge in [0.05, 0.1) is 17.2 Å². The minimum Gasteiger partial charge on any atom is -0.478 e. The average Bonchev–Trinajstić information content (AvgIpc) is 3.32. The van der Waals surface area contributed by atoms with Gasteiger partial charge in [-0.1, -0.05) is 25.0 Å². The maximum absolute atomic E-state index is 12.8. The van der Waals surface area contributed by atoms with Gasteiger partial charge < -0.3 is 10.4 Å². The number of nitrogens with zero attached hydrogens (tertiary/aromatic N) is 3. The summed E-state index contributed by atoms with van der Waals surface area (Å²) in [6.45, 7) is 0. The Morgan fingerprint density at radius 2 is 1.62 bits per heavy atom. The van der Waals surface area contributed by atoms with E-state index in [1.807, 2.05) is 0 Å². The van der Waals surface area contributed by atoms with Crippen LogP contribution in [-0.4, -0.2) is 26.0 Å². The first-order valence-corrected chi connectivity index (χ1v) is 10.3. The summed E-state index contributed by atoms with van der Waals surface area (Å²) >= 11 is 0. The normalized spacial score (nSPS) is 15.5. The van der Waals surface area contributed by atoms with E-state index < -0.39 is 17.7 Å². The van der Waals surface area contributed by atoms with Crippen molar-refractivity contribution < 1.29 is 23.1 Å². The molecule has 2 N–H and O–H groups in total. The molecule has 2 aromatic heterocycles. The average molecular weight is 442 g/mol. The minimum absolute atomic E-state index is 0.109. The van der Waals surface area contributed by atoms with E-state index >= 15 is 0 Å². The van der Waals surface area contributed by atoms with E-state index in [0.717, 1.165) is 43.4 Å². The highest BCUT2D eigenvalue weighted by Gasteiger charge is 2.30. The summed E-state index contributed by atoms with van der Waals surface area (Å²) in [6, 6.07) is 7.76. The second kappa shape index (κ2) is 8.94. The Morgan fingerprint density at radius 1 is 0.969 bits per heavy atom. The van der Waals surface area contributed by atoms with Gasteiger partial charge in [0.1, 0.15) is 5.82 Å². The molecule has 0 aliphatic heterocycles. The van der Waals surface area contributed by atoms with E-state index in [1.165, 1.54) is 24.4 Å². The van der Waals surface area contributed by atoms with Gasteiger partial charge in [-0.3, -0.25) is 0 Å². The standard InChI is InChI=1S/C23H21F3N4O2/c24-23(25,26)18-8-5-15(6-9-18)21-28-12-17(13-29-21)20(14-3-1-2-4-14)30-19-10-7-16(11-27-19)22(31)32/h5-14,20H,1-4H2,(H,27,30)(H,31,32). The lowest BCUT2D eigenvalue weighted by atomic mass is 9.93. The molecule has 0 amide bonds. The molecule has 9 heteroatoms. The van der Waals surface area contributed by atoms with Crippen LogP contribution >= 0.6 is 0 Å². The fourth-order valence-corrected chi connectivity index (χ4v) is 3.99. The van der Waals surface area contributed by atoms with Crippen LogP contribution in [0.5, 0.6) is 0 Å². The lowest BCUT2D eigenvalue weighted by molar-refractivity contribution is -0.137. The van der Waals surface area contributed by atoms with Gasteiger partial charge in [0.2, 0.25) is 0 Å². The number of carbonyl (C=O) groups is 1. The third-order valence-electron chi connectivity index (χ3n) is 5.69. The molecule has 1 unspecified atom stereocenters. The van der Waals surface area contributed by atoms with Crippen LogP contribution in [0.15, 0.2) is 55.0 Å². The number of aromatic carboxylic acids is 1. The first-order chi connectivity index (χ1) is 15.3. The molecule has 1 aliphatic rings. The van der Waals surface area contributed by atoms with Gasteiger partial charge in [0.15, 0.2) is 5.82 Å². The number of hydrogen-bond acceptors (Lipinski definition) is 5. The van der Waals surface area contributed by atoms with Gasteiger partial charge in [0, 0.05) is 29.7 Å². The lowest BCUT2D eigenvalue weighted by Crippen LogP contribution is -2.20. The van der Waals surface area contributed by atoms with Gasteiger partial charge in [-0.15, -0.1) is 0 Å². The van der Waals surface area contributed by atoms with E-state index in [-0.39, 0.29) is 11.6 Å². The van der Waals surface area contributed by atoms with Crippen molar-refractivity contribution in [1.29, 1.82) is 0 Å². The first-order valence-electron chi connectivity index (χ1n) is 10.3. The number of aromatic nitrogens is 3. The molecule has 1 fully saturated rings. The van der Waals surface area contributed by atoms with E-state index in [9.17, 15) is 18.0 Å². The van der Waals surface area contributed by atoms with Crippen molar-refractivity contribution in [3.05, 3.63) is 71.7 Å². The van der Waals surface area contributed by atoms with Crippen molar-refractivity contribution in [1.82, 2.24) is 15.0 Å². The number of alkyl halides is 3. The number of hydrogen-bond donors (Lipinski definition) is 2. The minimum atomic E-state index is -4.39. The Balaban J connectivity index is 1.56. The summed E-state index contributed by atoms with van der Waals surface area (Å²) < 4.78 is 38.3. The Kier molecular flexibility index (Phi) is 6.07. The summed E-state index contributed by atoms with van der Waals surface area (Å²) in [7, 11) is 0. The third-order valence-corrected chi connectivity index (χ3v) is 5.69. The van der Waals surface area contributed by atoms with Crippen molar-refractivity contribution in [3.63, 3.8) is 0 Å². The van der Waals surface area contributed by atoms with Crippen LogP contribution in [0.2, 0.25) is 0 Å². The van der Waals surface area contributed by atoms with Crippen LogP contribution in [0, 0.1) is 5.92 Å². The van der Waals surface area contributed by atoms with Crippen LogP contribution in [0.1, 0.15) is 53.2 Å². The van der Waals surface area contributed by atoms with Gasteiger partial charge in [-0.2, -0.15) is 13.2 Å². The highest BCUT2D eigenvalue weighted by atomic mass is 19.4. The zero-order chi connectivity index (χ0) is 22.7. The molecule has 166 valence electrons. The SMILES string of the molecule is O=C(O)c1ccc(NC(c2cnc(-c3ccc(C(F)(F)F)cc3)nc2)C2CCCC2)nc1. The number of carboxylic acids is 1. The molecule has 2 heterocycles. The highest BCUT2D eigenvalue weighted by Crippen LogP contribution is 2.37. The Bertz CT molecular complexity index is 1060. The number of anilines is 1. The summed E-state index contributed by atoms with van der Waals surface area (Å²) in [6.07, 6.45) is 4.60. The van der Waals surface area contributed by atoms with Gasteiger partial charge in [-0.05, 0) is 43.0 Å².